The van der Waals surface area contributed by atoms with Crippen molar-refractivity contribution >= 4 is 28.3 Å². The van der Waals surface area contributed by atoms with Gasteiger partial charge in [-0.3, -0.25) is 9.59 Å². The topological polar surface area (TPSA) is 71.7 Å². The maximum absolute atomic E-state index is 15.6. The van der Waals surface area contributed by atoms with Crippen LogP contribution in [0.15, 0.2) is 30.5 Å². The zero-order chi connectivity index (χ0) is 24.9. The number of aromatic nitrogens is 1. The molecule has 2 aromatic rings. The van der Waals surface area contributed by atoms with Crippen molar-refractivity contribution in [3.63, 3.8) is 0 Å². The molecule has 2 amide bonds. The van der Waals surface area contributed by atoms with Crippen molar-refractivity contribution in [2.75, 3.05) is 39.3 Å². The number of carbonyl (C=O) groups excluding carboxylic acids is 2. The second-order valence-electron chi connectivity index (χ2n) is 9.05. The van der Waals surface area contributed by atoms with E-state index in [1.165, 1.54) is 0 Å². The third-order valence-corrected chi connectivity index (χ3v) is 6.80. The number of hydrogen-bond donors (Lipinski definition) is 2. The molecule has 1 fully saturated rings. The summed E-state index contributed by atoms with van der Waals surface area (Å²) in [6.07, 6.45) is 9.11. The second kappa shape index (κ2) is 11.1. The molecule has 1 aromatic heterocycles. The first kappa shape index (κ1) is 25.0. The number of likely N-dealkylation sites (tertiary alicyclic amines) is 1. The Morgan fingerprint density at radius 3 is 2.57 bits per heavy atom. The minimum Gasteiger partial charge on any atom is -0.348 e. The molecule has 35 heavy (non-hydrogen) atoms. The molecule has 8 heteroatoms. The monoisotopic (exact) mass is 481 g/mol. The summed E-state index contributed by atoms with van der Waals surface area (Å²) in [4.78, 5) is 32.3. The van der Waals surface area contributed by atoms with E-state index in [1.54, 1.807) is 6.07 Å². The number of nitrogens with zero attached hydrogens (tertiary/aromatic N) is 3. The van der Waals surface area contributed by atoms with Crippen LogP contribution in [-0.4, -0.2) is 70.9 Å². The average Bonchev–Trinajstić information content (AvgIpc) is 3.67. The van der Waals surface area contributed by atoms with Gasteiger partial charge in [-0.1, -0.05) is 26.0 Å². The van der Waals surface area contributed by atoms with Crippen LogP contribution >= 0.6 is 0 Å². The van der Waals surface area contributed by atoms with E-state index in [2.05, 4.69) is 10.4 Å². The fourth-order valence-electron chi connectivity index (χ4n) is 4.95. The van der Waals surface area contributed by atoms with Crippen molar-refractivity contribution in [3.05, 3.63) is 53.1 Å². The van der Waals surface area contributed by atoms with Gasteiger partial charge in [-0.25, -0.2) is 9.82 Å². The van der Waals surface area contributed by atoms with E-state index in [0.717, 1.165) is 49.0 Å². The summed E-state index contributed by atoms with van der Waals surface area (Å²) in [7, 11) is 0. The lowest BCUT2D eigenvalue weighted by atomic mass is 9.96. The number of benzene rings is 1. The predicted octanol–water partition coefficient (Wildman–Crippen LogP) is 4.22. The molecule has 0 atom stereocenters. The zero-order valence-electron chi connectivity index (χ0n) is 21.0. The van der Waals surface area contributed by atoms with Crippen molar-refractivity contribution in [3.8, 4) is 0 Å². The van der Waals surface area contributed by atoms with Gasteiger partial charge in [-0.15, -0.1) is 0 Å². The van der Waals surface area contributed by atoms with Gasteiger partial charge < -0.3 is 19.8 Å². The van der Waals surface area contributed by atoms with Crippen molar-refractivity contribution in [1.82, 2.24) is 25.2 Å². The standard InChI is InChI=1S/C25H30FN5O2.C2H6/c1-17-14-20(18-6-4-11-30(16-18)22(32)7-13-31-12-5-8-27-31)23(26)24-19(17)15-21(28-24)25(33)29-9-2-3-10-29;1-2/h5-6,12,14-15,27-28H,2-4,7-11,13,16H2,1H3;1-2H3. The lowest BCUT2D eigenvalue weighted by molar-refractivity contribution is -0.131. The maximum Gasteiger partial charge on any atom is 0.270 e. The highest BCUT2D eigenvalue weighted by atomic mass is 19.1. The first-order valence-electron chi connectivity index (χ1n) is 12.8. The Labute approximate surface area is 206 Å². The third kappa shape index (κ3) is 5.27. The molecule has 1 saturated heterocycles. The number of aryl methyl sites for hydroxylation is 1. The number of halogens is 1. The van der Waals surface area contributed by atoms with Gasteiger partial charge >= 0.3 is 0 Å². The molecule has 188 valence electrons. The highest BCUT2D eigenvalue weighted by Gasteiger charge is 2.25. The SMILES string of the molecule is CC.Cc1cc(C2=CCCN(C(=O)CCN3C=CCN3)C2)c(F)c2[nH]c(C(=O)N3CCCC3)cc12. The van der Waals surface area contributed by atoms with Gasteiger partial charge in [0.1, 0.15) is 5.69 Å². The van der Waals surface area contributed by atoms with Gasteiger partial charge in [0.15, 0.2) is 5.82 Å². The van der Waals surface area contributed by atoms with Gasteiger partial charge in [0, 0.05) is 62.8 Å². The Kier molecular flexibility index (Phi) is 7.90. The van der Waals surface area contributed by atoms with Crippen LogP contribution in [0.3, 0.4) is 0 Å². The normalized spacial score (nSPS) is 17.6. The summed E-state index contributed by atoms with van der Waals surface area (Å²) >= 11 is 0. The van der Waals surface area contributed by atoms with Crippen molar-refractivity contribution < 1.29 is 14.0 Å². The summed E-state index contributed by atoms with van der Waals surface area (Å²) < 4.78 is 15.6. The van der Waals surface area contributed by atoms with E-state index in [-0.39, 0.29) is 17.6 Å². The van der Waals surface area contributed by atoms with E-state index in [0.29, 0.717) is 49.2 Å². The summed E-state index contributed by atoms with van der Waals surface area (Å²) in [5.74, 6) is -0.359. The molecule has 0 spiro atoms. The van der Waals surface area contributed by atoms with Crippen LogP contribution in [0.4, 0.5) is 4.39 Å². The van der Waals surface area contributed by atoms with Crippen LogP contribution in [0, 0.1) is 12.7 Å². The minimum atomic E-state index is -0.358. The molecule has 1 aromatic carbocycles. The Morgan fingerprint density at radius 1 is 1.09 bits per heavy atom. The zero-order valence-corrected chi connectivity index (χ0v) is 21.0. The Morgan fingerprint density at radius 2 is 1.86 bits per heavy atom. The highest BCUT2D eigenvalue weighted by Crippen LogP contribution is 2.32. The third-order valence-electron chi connectivity index (χ3n) is 6.80. The van der Waals surface area contributed by atoms with Crippen molar-refractivity contribution in [2.24, 2.45) is 0 Å². The van der Waals surface area contributed by atoms with E-state index in [4.69, 9.17) is 0 Å². The molecular weight excluding hydrogens is 445 g/mol. The molecule has 0 unspecified atom stereocenters. The van der Waals surface area contributed by atoms with Crippen molar-refractivity contribution in [2.45, 2.75) is 46.5 Å². The first-order chi connectivity index (χ1) is 17.0. The molecule has 2 N–H and O–H groups in total. The molecule has 0 saturated carbocycles. The van der Waals surface area contributed by atoms with Gasteiger partial charge in [0.05, 0.1) is 5.52 Å². The maximum atomic E-state index is 15.6. The first-order valence-corrected chi connectivity index (χ1v) is 12.8. The fourth-order valence-corrected chi connectivity index (χ4v) is 4.95. The Hall–Kier alpha value is -3.13. The predicted molar refractivity (Wildman–Crippen MR) is 137 cm³/mol. The number of hydrazine groups is 1. The number of rotatable bonds is 5. The number of carbonyl (C=O) groups is 2. The van der Waals surface area contributed by atoms with Crippen LogP contribution in [-0.2, 0) is 4.79 Å². The number of nitrogens with one attached hydrogen (secondary N) is 2. The summed E-state index contributed by atoms with van der Waals surface area (Å²) in [5.41, 5.74) is 6.20. The fraction of sp³-hybridized carbons (Fsp3) is 0.481. The lowest BCUT2D eigenvalue weighted by Crippen LogP contribution is -2.38. The Balaban J connectivity index is 0.00000141. The van der Waals surface area contributed by atoms with Crippen LogP contribution in [0.1, 0.15) is 61.1 Å². The highest BCUT2D eigenvalue weighted by molar-refractivity contribution is 6.00. The Bertz CT molecular complexity index is 1150. The number of aromatic amines is 1. The molecule has 0 radical (unpaired) electrons. The number of H-pyrrole nitrogens is 1. The number of amides is 2. The van der Waals surface area contributed by atoms with Crippen LogP contribution < -0.4 is 5.43 Å². The number of hydrogen-bond acceptors (Lipinski definition) is 4. The molecule has 7 nitrogen and oxygen atoms in total. The quantitative estimate of drug-likeness (QED) is 0.671. The summed E-state index contributed by atoms with van der Waals surface area (Å²) in [6.45, 7) is 9.88. The van der Waals surface area contributed by atoms with Gasteiger partial charge in [-0.05, 0) is 49.5 Å². The van der Waals surface area contributed by atoms with Crippen molar-refractivity contribution in [1.29, 1.82) is 0 Å². The van der Waals surface area contributed by atoms with Crippen LogP contribution in [0.25, 0.3) is 16.5 Å². The number of fused-ring (bicyclic) bond motifs is 1. The lowest BCUT2D eigenvalue weighted by Gasteiger charge is -2.29. The smallest absolute Gasteiger partial charge is 0.270 e. The summed E-state index contributed by atoms with van der Waals surface area (Å²) in [6, 6.07) is 3.61. The van der Waals surface area contributed by atoms with Gasteiger partial charge in [0.25, 0.3) is 5.91 Å². The molecular formula is C27H36FN5O2. The summed E-state index contributed by atoms with van der Waals surface area (Å²) in [5, 5.41) is 2.65. The molecule has 4 heterocycles. The van der Waals surface area contributed by atoms with Gasteiger partial charge in [-0.2, -0.15) is 0 Å². The van der Waals surface area contributed by atoms with E-state index in [1.807, 2.05) is 60.0 Å². The largest absolute Gasteiger partial charge is 0.348 e. The second-order valence-corrected chi connectivity index (χ2v) is 9.05. The molecule has 3 aliphatic rings. The molecule has 3 aliphatic heterocycles. The van der Waals surface area contributed by atoms with Crippen LogP contribution in [0.5, 0.6) is 0 Å². The minimum absolute atomic E-state index is 0.0688. The van der Waals surface area contributed by atoms with E-state index < -0.39 is 0 Å². The van der Waals surface area contributed by atoms with Gasteiger partial charge in [0.2, 0.25) is 5.91 Å². The van der Waals surface area contributed by atoms with E-state index >= 15 is 4.39 Å². The van der Waals surface area contributed by atoms with E-state index in [9.17, 15) is 9.59 Å². The molecule has 0 bridgehead atoms. The molecule has 5 rings (SSSR count). The van der Waals surface area contributed by atoms with Crippen LogP contribution in [0.2, 0.25) is 0 Å². The average molecular weight is 482 g/mol. The molecule has 0 aliphatic carbocycles.